The number of hydrogen-bond acceptors (Lipinski definition) is 3. The molecule has 4 rings (SSSR count). The molecule has 0 saturated heterocycles. The molecule has 0 aromatic heterocycles. The Morgan fingerprint density at radius 1 is 1.17 bits per heavy atom. The largest absolute Gasteiger partial charge is 0.462 e. The molecule has 0 unspecified atom stereocenters. The molecule has 4 aliphatic carbocycles. The molecule has 7 atom stereocenters. The Kier molecular flexibility index (Phi) is 3.87. The molecule has 134 valence electrons. The molecule has 0 bridgehead atoms. The second-order valence-electron chi connectivity index (χ2n) is 9.37. The predicted molar refractivity (Wildman–Crippen MR) is 93.3 cm³/mol. The molecule has 0 aromatic carbocycles. The highest BCUT2D eigenvalue weighted by Gasteiger charge is 2.58. The molecular weight excluding hydrogens is 300 g/mol. The smallest absolute Gasteiger partial charge is 0.302 e. The molecule has 0 radical (unpaired) electrons. The van der Waals surface area contributed by atoms with E-state index in [4.69, 9.17) is 4.74 Å². The van der Waals surface area contributed by atoms with Gasteiger partial charge in [0.25, 0.3) is 0 Å². The lowest BCUT2D eigenvalue weighted by molar-refractivity contribution is -0.148. The van der Waals surface area contributed by atoms with E-state index in [0.29, 0.717) is 5.92 Å². The highest BCUT2D eigenvalue weighted by Crippen LogP contribution is 2.64. The summed E-state index contributed by atoms with van der Waals surface area (Å²) in [7, 11) is 0. The number of ether oxygens (including phenoxy) is 1. The van der Waals surface area contributed by atoms with Crippen LogP contribution in [0.25, 0.3) is 0 Å². The fourth-order valence-electron chi connectivity index (χ4n) is 6.94. The number of hydrogen-bond donors (Lipinski definition) is 1. The number of rotatable bonds is 1. The monoisotopic (exact) mass is 332 g/mol. The van der Waals surface area contributed by atoms with Crippen LogP contribution in [-0.2, 0) is 9.53 Å². The highest BCUT2D eigenvalue weighted by atomic mass is 16.5. The molecule has 0 aliphatic heterocycles. The zero-order chi connectivity index (χ0) is 17.1. The van der Waals surface area contributed by atoms with Crippen LogP contribution in [-0.4, -0.2) is 23.3 Å². The predicted octanol–water partition coefficient (Wildman–Crippen LogP) is 4.24. The Morgan fingerprint density at radius 2 is 1.96 bits per heavy atom. The third-order valence-corrected chi connectivity index (χ3v) is 8.34. The molecule has 0 heterocycles. The average molecular weight is 332 g/mol. The van der Waals surface area contributed by atoms with Crippen LogP contribution in [0.5, 0.6) is 0 Å². The van der Waals surface area contributed by atoms with Gasteiger partial charge in [0, 0.05) is 13.3 Å². The molecule has 0 aromatic rings. The van der Waals surface area contributed by atoms with Crippen molar-refractivity contribution in [2.75, 3.05) is 0 Å². The van der Waals surface area contributed by atoms with Gasteiger partial charge in [-0.25, -0.2) is 0 Å². The first-order valence-corrected chi connectivity index (χ1v) is 9.89. The quantitative estimate of drug-likeness (QED) is 0.577. The number of carbonyl (C=O) groups is 1. The Balaban J connectivity index is 1.59. The third kappa shape index (κ3) is 2.30. The number of allylic oxidation sites excluding steroid dienone is 1. The van der Waals surface area contributed by atoms with E-state index in [-0.39, 0.29) is 29.0 Å². The van der Waals surface area contributed by atoms with Crippen LogP contribution in [0.2, 0.25) is 0 Å². The van der Waals surface area contributed by atoms with Gasteiger partial charge in [0.05, 0.1) is 6.10 Å². The summed E-state index contributed by atoms with van der Waals surface area (Å²) in [6, 6.07) is 0. The van der Waals surface area contributed by atoms with Crippen LogP contribution < -0.4 is 0 Å². The van der Waals surface area contributed by atoms with E-state index in [1.54, 1.807) is 5.57 Å². The maximum absolute atomic E-state index is 11.3. The van der Waals surface area contributed by atoms with Gasteiger partial charge in [0.15, 0.2) is 0 Å². The van der Waals surface area contributed by atoms with Gasteiger partial charge >= 0.3 is 5.97 Å². The lowest BCUT2D eigenvalue weighted by atomic mass is 9.48. The first-order valence-electron chi connectivity index (χ1n) is 9.89. The number of aliphatic hydroxyl groups is 1. The molecule has 0 spiro atoms. The molecule has 3 heteroatoms. The minimum atomic E-state index is -0.147. The van der Waals surface area contributed by atoms with E-state index in [1.165, 1.54) is 26.2 Å². The lowest BCUT2D eigenvalue weighted by Gasteiger charge is -2.57. The molecule has 24 heavy (non-hydrogen) atoms. The van der Waals surface area contributed by atoms with Crippen LogP contribution in [0, 0.1) is 28.6 Å². The SMILES string of the molecule is CC(=O)O[C@@H]1CC[C@]2(C)C(=CC[C@H]3[C@H]2CC[C@]2(C)[C@H](O)CC[C@@H]32)C1. The Bertz CT molecular complexity index is 567. The number of carbonyl (C=O) groups excluding carboxylic acids is 1. The minimum Gasteiger partial charge on any atom is -0.462 e. The normalized spacial score (nSPS) is 50.3. The van der Waals surface area contributed by atoms with Gasteiger partial charge < -0.3 is 9.84 Å². The van der Waals surface area contributed by atoms with Crippen LogP contribution >= 0.6 is 0 Å². The summed E-state index contributed by atoms with van der Waals surface area (Å²) in [5.74, 6) is 2.03. The summed E-state index contributed by atoms with van der Waals surface area (Å²) in [5.41, 5.74) is 1.98. The van der Waals surface area contributed by atoms with Crippen molar-refractivity contribution in [3.63, 3.8) is 0 Å². The second-order valence-corrected chi connectivity index (χ2v) is 9.37. The number of aliphatic hydroxyl groups excluding tert-OH is 1. The fraction of sp³-hybridized carbons (Fsp3) is 0.857. The molecule has 0 amide bonds. The van der Waals surface area contributed by atoms with Gasteiger partial charge in [-0.05, 0) is 73.5 Å². The van der Waals surface area contributed by atoms with E-state index < -0.39 is 0 Å². The second kappa shape index (κ2) is 5.59. The van der Waals surface area contributed by atoms with Gasteiger partial charge in [0.2, 0.25) is 0 Å². The maximum atomic E-state index is 11.3. The summed E-state index contributed by atoms with van der Waals surface area (Å²) >= 11 is 0. The highest BCUT2D eigenvalue weighted by molar-refractivity contribution is 5.66. The summed E-state index contributed by atoms with van der Waals surface area (Å²) in [5, 5.41) is 10.5. The standard InChI is InChI=1S/C21H32O3/c1-13(22)24-15-8-10-20(2)14(12-15)4-5-16-17-6-7-19(23)21(17,3)11-9-18(16)20/h4,15-19,23H,5-12H2,1-3H3/t15-,16-,17+,18-,19-,20-,21+/m1/s1. The van der Waals surface area contributed by atoms with Crippen LogP contribution in [0.4, 0.5) is 0 Å². The first kappa shape index (κ1) is 16.6. The van der Waals surface area contributed by atoms with Crippen molar-refractivity contribution in [1.29, 1.82) is 0 Å². The molecule has 3 fully saturated rings. The maximum Gasteiger partial charge on any atom is 0.302 e. The third-order valence-electron chi connectivity index (χ3n) is 8.34. The minimum absolute atomic E-state index is 0.0838. The van der Waals surface area contributed by atoms with Crippen molar-refractivity contribution in [1.82, 2.24) is 0 Å². The first-order chi connectivity index (χ1) is 11.3. The van der Waals surface area contributed by atoms with Crippen LogP contribution in [0.15, 0.2) is 11.6 Å². The lowest BCUT2D eigenvalue weighted by Crippen LogP contribution is -2.51. The molecule has 3 saturated carbocycles. The van der Waals surface area contributed by atoms with E-state index in [9.17, 15) is 9.90 Å². The van der Waals surface area contributed by atoms with Crippen molar-refractivity contribution < 1.29 is 14.6 Å². The van der Waals surface area contributed by atoms with Crippen molar-refractivity contribution in [2.45, 2.75) is 84.3 Å². The van der Waals surface area contributed by atoms with E-state index in [1.807, 2.05) is 0 Å². The van der Waals surface area contributed by atoms with Gasteiger partial charge in [-0.3, -0.25) is 4.79 Å². The topological polar surface area (TPSA) is 46.5 Å². The van der Waals surface area contributed by atoms with Crippen LogP contribution in [0.3, 0.4) is 0 Å². The van der Waals surface area contributed by atoms with Crippen molar-refractivity contribution >= 4 is 5.97 Å². The number of fused-ring (bicyclic) bond motifs is 5. The summed E-state index contributed by atoms with van der Waals surface area (Å²) in [6.07, 6.45) is 11.3. The Morgan fingerprint density at radius 3 is 2.71 bits per heavy atom. The van der Waals surface area contributed by atoms with E-state index in [0.717, 1.165) is 43.9 Å². The fourth-order valence-corrected chi connectivity index (χ4v) is 6.94. The molecule has 1 N–H and O–H groups in total. The van der Waals surface area contributed by atoms with Crippen molar-refractivity contribution in [2.24, 2.45) is 28.6 Å². The van der Waals surface area contributed by atoms with E-state index >= 15 is 0 Å². The van der Waals surface area contributed by atoms with Crippen molar-refractivity contribution in [3.8, 4) is 0 Å². The van der Waals surface area contributed by atoms with Gasteiger partial charge in [-0.15, -0.1) is 0 Å². The van der Waals surface area contributed by atoms with Gasteiger partial charge in [-0.1, -0.05) is 25.5 Å². The Hall–Kier alpha value is -0.830. The summed E-state index contributed by atoms with van der Waals surface area (Å²) in [6.45, 7) is 6.32. The molecule has 3 nitrogen and oxygen atoms in total. The van der Waals surface area contributed by atoms with Gasteiger partial charge in [-0.2, -0.15) is 0 Å². The summed E-state index contributed by atoms with van der Waals surface area (Å²) in [4.78, 5) is 11.3. The zero-order valence-corrected chi connectivity index (χ0v) is 15.4. The summed E-state index contributed by atoms with van der Waals surface area (Å²) < 4.78 is 5.51. The Labute approximate surface area is 145 Å². The number of esters is 1. The molecule has 4 aliphatic rings. The van der Waals surface area contributed by atoms with Crippen LogP contribution in [0.1, 0.15) is 72.1 Å². The average Bonchev–Trinajstić information content (AvgIpc) is 2.83. The van der Waals surface area contributed by atoms with Crippen molar-refractivity contribution in [3.05, 3.63) is 11.6 Å². The molecular formula is C21H32O3. The van der Waals surface area contributed by atoms with Gasteiger partial charge in [0.1, 0.15) is 6.10 Å². The zero-order valence-electron chi connectivity index (χ0n) is 15.4. The van der Waals surface area contributed by atoms with E-state index in [2.05, 4.69) is 19.9 Å².